The fourth-order valence-electron chi connectivity index (χ4n) is 1.99. The van der Waals surface area contributed by atoms with E-state index in [4.69, 9.17) is 16.3 Å². The second kappa shape index (κ2) is 4.70. The van der Waals surface area contributed by atoms with Gasteiger partial charge in [-0.15, -0.1) is 0 Å². The molecule has 2 rings (SSSR count). The van der Waals surface area contributed by atoms with Crippen molar-refractivity contribution in [2.45, 2.75) is 18.4 Å². The summed E-state index contributed by atoms with van der Waals surface area (Å²) in [6, 6.07) is 1.09. The fraction of sp³-hybridized carbons (Fsp3) is 0.600. The summed E-state index contributed by atoms with van der Waals surface area (Å²) in [5.41, 5.74) is 0. The minimum Gasteiger partial charge on any atom is -0.383 e. The largest absolute Gasteiger partial charge is 0.383 e. The van der Waals surface area contributed by atoms with E-state index >= 15 is 0 Å². The van der Waals surface area contributed by atoms with Gasteiger partial charge in [-0.3, -0.25) is 0 Å². The van der Waals surface area contributed by atoms with Crippen LogP contribution in [0.3, 0.4) is 0 Å². The van der Waals surface area contributed by atoms with Crippen LogP contribution in [-0.4, -0.2) is 42.2 Å². The number of alkyl halides is 2. The zero-order valence-corrected chi connectivity index (χ0v) is 9.99. The van der Waals surface area contributed by atoms with Gasteiger partial charge in [-0.1, -0.05) is 11.6 Å². The van der Waals surface area contributed by atoms with Crippen LogP contribution in [0.25, 0.3) is 0 Å². The number of methoxy groups -OCH3 is 1. The molecule has 94 valence electrons. The lowest BCUT2D eigenvalue weighted by Crippen LogP contribution is -2.34. The van der Waals surface area contributed by atoms with Crippen molar-refractivity contribution in [1.82, 2.24) is 9.97 Å². The molecule has 0 aromatic carbocycles. The Kier molecular flexibility index (Phi) is 3.44. The Hall–Kier alpha value is -1.01. The highest BCUT2D eigenvalue weighted by atomic mass is 35.5. The first-order chi connectivity index (χ1) is 8.02. The van der Waals surface area contributed by atoms with Crippen LogP contribution in [0.4, 0.5) is 14.6 Å². The third-order valence-corrected chi connectivity index (χ3v) is 2.86. The highest BCUT2D eigenvalue weighted by Gasteiger charge is 2.45. The average molecular weight is 264 g/mol. The van der Waals surface area contributed by atoms with Crippen LogP contribution in [0.1, 0.15) is 6.42 Å². The summed E-state index contributed by atoms with van der Waals surface area (Å²) in [4.78, 5) is 9.20. The Bertz CT molecular complexity index is 405. The maximum Gasteiger partial charge on any atom is 0.267 e. The first-order valence-electron chi connectivity index (χ1n) is 5.13. The van der Waals surface area contributed by atoms with Crippen molar-refractivity contribution in [2.24, 2.45) is 0 Å². The molecule has 0 unspecified atom stereocenters. The summed E-state index contributed by atoms with van der Waals surface area (Å²) in [6.07, 6.45) is 1.03. The molecule has 7 heteroatoms. The van der Waals surface area contributed by atoms with Gasteiger partial charge in [-0.25, -0.2) is 18.7 Å². The molecule has 1 aromatic heterocycles. The summed E-state index contributed by atoms with van der Waals surface area (Å²) in [5.74, 6) is -2.31. The van der Waals surface area contributed by atoms with Gasteiger partial charge in [0.05, 0.1) is 19.2 Å². The number of hydrogen-bond acceptors (Lipinski definition) is 4. The Morgan fingerprint density at radius 3 is 3.00 bits per heavy atom. The molecule has 1 fully saturated rings. The zero-order chi connectivity index (χ0) is 12.5. The van der Waals surface area contributed by atoms with E-state index in [1.807, 2.05) is 0 Å². The molecule has 0 bridgehead atoms. The van der Waals surface area contributed by atoms with E-state index in [9.17, 15) is 8.78 Å². The second-order valence-electron chi connectivity index (χ2n) is 4.00. The van der Waals surface area contributed by atoms with Gasteiger partial charge in [0.15, 0.2) is 0 Å². The van der Waals surface area contributed by atoms with Crippen molar-refractivity contribution in [2.75, 3.05) is 25.2 Å². The Balaban J connectivity index is 2.23. The van der Waals surface area contributed by atoms with E-state index in [0.717, 1.165) is 0 Å². The van der Waals surface area contributed by atoms with Crippen LogP contribution in [-0.2, 0) is 4.74 Å². The smallest absolute Gasteiger partial charge is 0.267 e. The van der Waals surface area contributed by atoms with E-state index in [1.54, 1.807) is 0 Å². The summed E-state index contributed by atoms with van der Waals surface area (Å²) in [5, 5.41) is 0.237. The SMILES string of the molecule is COC[C@H]1CC(F)(F)CN1c1cc(Cl)ncn1. The van der Waals surface area contributed by atoms with Gasteiger partial charge in [0.25, 0.3) is 5.92 Å². The zero-order valence-electron chi connectivity index (χ0n) is 9.24. The average Bonchev–Trinajstić information content (AvgIpc) is 2.54. The topological polar surface area (TPSA) is 38.2 Å². The van der Waals surface area contributed by atoms with Crippen LogP contribution >= 0.6 is 11.6 Å². The Morgan fingerprint density at radius 2 is 2.35 bits per heavy atom. The molecule has 1 aromatic rings. The minimum atomic E-state index is -2.72. The molecular weight excluding hydrogens is 252 g/mol. The maximum atomic E-state index is 13.4. The molecule has 1 atom stereocenters. The molecule has 2 heterocycles. The number of ether oxygens (including phenoxy) is 1. The highest BCUT2D eigenvalue weighted by Crippen LogP contribution is 2.35. The van der Waals surface area contributed by atoms with E-state index < -0.39 is 5.92 Å². The molecule has 0 amide bonds. The van der Waals surface area contributed by atoms with E-state index in [-0.39, 0.29) is 30.8 Å². The monoisotopic (exact) mass is 263 g/mol. The molecule has 1 aliphatic heterocycles. The Labute approximate surface area is 103 Å². The lowest BCUT2D eigenvalue weighted by atomic mass is 10.2. The minimum absolute atomic E-state index is 0.233. The number of nitrogens with zero attached hydrogens (tertiary/aromatic N) is 3. The standard InChI is InChI=1S/C10H12ClF2N3O/c1-17-4-7-3-10(12,13)5-16(7)9-2-8(11)14-6-15-9/h2,6-7H,3-5H2,1H3/t7-/m1/s1. The van der Waals surface area contributed by atoms with Crippen LogP contribution in [0, 0.1) is 0 Å². The number of hydrogen-bond donors (Lipinski definition) is 0. The fourth-order valence-corrected chi connectivity index (χ4v) is 2.13. The molecule has 17 heavy (non-hydrogen) atoms. The van der Waals surface area contributed by atoms with Crippen molar-refractivity contribution >= 4 is 17.4 Å². The van der Waals surface area contributed by atoms with E-state index in [1.165, 1.54) is 24.4 Å². The number of rotatable bonds is 3. The van der Waals surface area contributed by atoms with Crippen LogP contribution in [0.2, 0.25) is 5.15 Å². The van der Waals surface area contributed by atoms with Crippen LogP contribution < -0.4 is 4.90 Å². The normalized spacial score (nSPS) is 23.1. The van der Waals surface area contributed by atoms with Crippen molar-refractivity contribution in [3.63, 3.8) is 0 Å². The van der Waals surface area contributed by atoms with Crippen molar-refractivity contribution < 1.29 is 13.5 Å². The summed E-state index contributed by atoms with van der Waals surface area (Å²) >= 11 is 5.72. The number of halogens is 3. The molecule has 0 saturated carbocycles. The van der Waals surface area contributed by atoms with E-state index in [0.29, 0.717) is 5.82 Å². The van der Waals surface area contributed by atoms with Crippen molar-refractivity contribution in [3.8, 4) is 0 Å². The van der Waals surface area contributed by atoms with Crippen LogP contribution in [0.15, 0.2) is 12.4 Å². The molecule has 4 nitrogen and oxygen atoms in total. The van der Waals surface area contributed by atoms with Gasteiger partial charge >= 0.3 is 0 Å². The molecular formula is C10H12ClF2N3O. The second-order valence-corrected chi connectivity index (χ2v) is 4.38. The van der Waals surface area contributed by atoms with Gasteiger partial charge in [0, 0.05) is 19.6 Å². The quantitative estimate of drug-likeness (QED) is 0.782. The Morgan fingerprint density at radius 1 is 1.59 bits per heavy atom. The molecule has 1 saturated heterocycles. The summed E-state index contributed by atoms with van der Waals surface area (Å²) in [6.45, 7) is -0.133. The third-order valence-electron chi connectivity index (χ3n) is 2.65. The predicted octanol–water partition coefficient (Wildman–Crippen LogP) is 1.99. The van der Waals surface area contributed by atoms with Gasteiger partial charge in [0.1, 0.15) is 17.3 Å². The molecule has 0 aliphatic carbocycles. The summed E-state index contributed by atoms with van der Waals surface area (Å²) < 4.78 is 31.7. The van der Waals surface area contributed by atoms with Gasteiger partial charge in [-0.05, 0) is 0 Å². The van der Waals surface area contributed by atoms with Crippen LogP contribution in [0.5, 0.6) is 0 Å². The van der Waals surface area contributed by atoms with Crippen molar-refractivity contribution in [3.05, 3.63) is 17.5 Å². The molecule has 0 radical (unpaired) electrons. The maximum absolute atomic E-state index is 13.4. The summed E-state index contributed by atoms with van der Waals surface area (Å²) in [7, 11) is 1.49. The van der Waals surface area contributed by atoms with E-state index in [2.05, 4.69) is 9.97 Å². The highest BCUT2D eigenvalue weighted by molar-refractivity contribution is 6.29. The first kappa shape index (κ1) is 12.4. The number of aromatic nitrogens is 2. The number of anilines is 1. The lowest BCUT2D eigenvalue weighted by molar-refractivity contribution is 0.0189. The molecule has 1 aliphatic rings. The molecule has 0 spiro atoms. The van der Waals surface area contributed by atoms with Crippen molar-refractivity contribution in [1.29, 1.82) is 0 Å². The van der Waals surface area contributed by atoms with Gasteiger partial charge < -0.3 is 9.64 Å². The lowest BCUT2D eigenvalue weighted by Gasteiger charge is -2.24. The van der Waals surface area contributed by atoms with Gasteiger partial charge in [-0.2, -0.15) is 0 Å². The molecule has 0 N–H and O–H groups in total. The van der Waals surface area contributed by atoms with Gasteiger partial charge in [0.2, 0.25) is 0 Å². The first-order valence-corrected chi connectivity index (χ1v) is 5.50. The third kappa shape index (κ3) is 2.81. The predicted molar refractivity (Wildman–Crippen MR) is 59.6 cm³/mol.